The van der Waals surface area contributed by atoms with E-state index in [-0.39, 0.29) is 17.8 Å². The van der Waals surface area contributed by atoms with Crippen LogP contribution in [0.4, 0.5) is 4.39 Å². The third kappa shape index (κ3) is 3.15. The van der Waals surface area contributed by atoms with Gasteiger partial charge >= 0.3 is 0 Å². The zero-order valence-electron chi connectivity index (χ0n) is 11.7. The number of hydrogen-bond donors (Lipinski definition) is 1. The number of benzene rings is 1. The molecule has 0 radical (unpaired) electrons. The molecule has 1 atom stereocenters. The van der Waals surface area contributed by atoms with Gasteiger partial charge in [0.05, 0.1) is 17.9 Å². The van der Waals surface area contributed by atoms with Crippen molar-refractivity contribution < 1.29 is 13.6 Å². The fourth-order valence-electron chi connectivity index (χ4n) is 3.05. The van der Waals surface area contributed by atoms with E-state index in [1.807, 2.05) is 0 Å². The van der Waals surface area contributed by atoms with E-state index in [2.05, 4.69) is 5.32 Å². The number of rotatable bonds is 4. The minimum absolute atomic E-state index is 0.0736. The van der Waals surface area contributed by atoms with Crippen molar-refractivity contribution in [3.05, 3.63) is 59.8 Å². The highest BCUT2D eigenvalue weighted by atomic mass is 19.1. The number of carbonyl (C=O) groups excluding carboxylic acids is 1. The predicted octanol–water partition coefficient (Wildman–Crippen LogP) is 4.08. The lowest BCUT2D eigenvalue weighted by Crippen LogP contribution is -2.32. The van der Waals surface area contributed by atoms with Gasteiger partial charge in [-0.1, -0.05) is 25.0 Å². The molecule has 1 N–H and O–H groups in total. The maximum Gasteiger partial charge on any atom is 0.255 e. The number of furan rings is 1. The quantitative estimate of drug-likeness (QED) is 0.920. The molecule has 1 saturated carbocycles. The largest absolute Gasteiger partial charge is 0.472 e. The lowest BCUT2D eigenvalue weighted by atomic mass is 9.91. The van der Waals surface area contributed by atoms with E-state index in [1.54, 1.807) is 18.2 Å². The molecule has 4 heteroatoms. The van der Waals surface area contributed by atoms with Gasteiger partial charge in [0.25, 0.3) is 5.91 Å². The van der Waals surface area contributed by atoms with Gasteiger partial charge in [-0.2, -0.15) is 0 Å². The Balaban J connectivity index is 1.82. The standard InChI is InChI=1S/C17H18FNO2/c18-15-7-5-13(6-8-15)16(12-3-1-2-4-12)19-17(20)14-9-10-21-11-14/h5-12,16H,1-4H2,(H,19,20). The molecule has 110 valence electrons. The van der Waals surface area contributed by atoms with E-state index in [0.717, 1.165) is 18.4 Å². The first-order valence-electron chi connectivity index (χ1n) is 7.32. The number of hydrogen-bond acceptors (Lipinski definition) is 2. The van der Waals surface area contributed by atoms with E-state index in [9.17, 15) is 9.18 Å². The molecule has 0 aliphatic heterocycles. The van der Waals surface area contributed by atoms with Crippen molar-refractivity contribution in [1.29, 1.82) is 0 Å². The van der Waals surface area contributed by atoms with Crippen LogP contribution in [-0.4, -0.2) is 5.91 Å². The molecule has 0 spiro atoms. The van der Waals surface area contributed by atoms with Crippen LogP contribution in [0.15, 0.2) is 47.3 Å². The van der Waals surface area contributed by atoms with Gasteiger partial charge in [-0.25, -0.2) is 4.39 Å². The van der Waals surface area contributed by atoms with E-state index in [1.165, 1.54) is 37.5 Å². The number of halogens is 1. The first-order valence-corrected chi connectivity index (χ1v) is 7.32. The highest BCUT2D eigenvalue weighted by Gasteiger charge is 2.28. The average Bonchev–Trinajstić information content (AvgIpc) is 3.19. The lowest BCUT2D eigenvalue weighted by molar-refractivity contribution is 0.0921. The molecule has 1 aromatic heterocycles. The van der Waals surface area contributed by atoms with Crippen LogP contribution in [0, 0.1) is 11.7 Å². The first kappa shape index (κ1) is 13.9. The van der Waals surface area contributed by atoms with Crippen molar-refractivity contribution in [2.24, 2.45) is 5.92 Å². The summed E-state index contributed by atoms with van der Waals surface area (Å²) in [5.74, 6) is 0.00127. The van der Waals surface area contributed by atoms with Crippen LogP contribution in [0.3, 0.4) is 0 Å². The second-order valence-electron chi connectivity index (χ2n) is 5.56. The van der Waals surface area contributed by atoms with Crippen LogP contribution in [0.1, 0.15) is 47.6 Å². The van der Waals surface area contributed by atoms with Gasteiger partial charge in [-0.15, -0.1) is 0 Å². The van der Waals surface area contributed by atoms with E-state index >= 15 is 0 Å². The van der Waals surface area contributed by atoms with Crippen LogP contribution >= 0.6 is 0 Å². The van der Waals surface area contributed by atoms with Gasteiger partial charge in [-0.3, -0.25) is 4.79 Å². The van der Waals surface area contributed by atoms with Crippen molar-refractivity contribution in [3.63, 3.8) is 0 Å². The number of amides is 1. The van der Waals surface area contributed by atoms with Gasteiger partial charge in [0, 0.05) is 0 Å². The molecule has 1 amide bonds. The topological polar surface area (TPSA) is 42.2 Å². The Hall–Kier alpha value is -2.10. The smallest absolute Gasteiger partial charge is 0.255 e. The Bertz CT molecular complexity index is 586. The summed E-state index contributed by atoms with van der Waals surface area (Å²) >= 11 is 0. The summed E-state index contributed by atoms with van der Waals surface area (Å²) < 4.78 is 18.1. The lowest BCUT2D eigenvalue weighted by Gasteiger charge is -2.25. The number of nitrogens with one attached hydrogen (secondary N) is 1. The molecule has 1 unspecified atom stereocenters. The summed E-state index contributed by atoms with van der Waals surface area (Å²) in [7, 11) is 0. The maximum absolute atomic E-state index is 13.1. The van der Waals surface area contributed by atoms with E-state index in [0.29, 0.717) is 11.5 Å². The molecular weight excluding hydrogens is 269 g/mol. The minimum Gasteiger partial charge on any atom is -0.472 e. The summed E-state index contributed by atoms with van der Waals surface area (Å²) in [4.78, 5) is 12.3. The minimum atomic E-state index is -0.259. The SMILES string of the molecule is O=C(NC(c1ccc(F)cc1)C1CCCC1)c1ccoc1. The highest BCUT2D eigenvalue weighted by Crippen LogP contribution is 2.36. The van der Waals surface area contributed by atoms with Crippen LogP contribution < -0.4 is 5.32 Å². The molecule has 1 aromatic carbocycles. The average molecular weight is 287 g/mol. The summed E-state index contributed by atoms with van der Waals surface area (Å²) in [6, 6.07) is 7.98. The molecule has 3 rings (SSSR count). The summed E-state index contributed by atoms with van der Waals surface area (Å²) in [5.41, 5.74) is 1.47. The molecule has 21 heavy (non-hydrogen) atoms. The van der Waals surface area contributed by atoms with Gasteiger partial charge < -0.3 is 9.73 Å². The molecule has 1 aliphatic carbocycles. The van der Waals surface area contributed by atoms with Crippen LogP contribution in [0.5, 0.6) is 0 Å². The third-order valence-corrected chi connectivity index (χ3v) is 4.17. The van der Waals surface area contributed by atoms with Gasteiger partial charge in [0.1, 0.15) is 12.1 Å². The second-order valence-corrected chi connectivity index (χ2v) is 5.56. The van der Waals surface area contributed by atoms with E-state index in [4.69, 9.17) is 4.42 Å². The Morgan fingerprint density at radius 3 is 2.52 bits per heavy atom. The third-order valence-electron chi connectivity index (χ3n) is 4.17. The Kier molecular flexibility index (Phi) is 4.04. The zero-order chi connectivity index (χ0) is 14.7. The summed E-state index contributed by atoms with van der Waals surface area (Å²) in [5, 5.41) is 3.08. The molecule has 2 aromatic rings. The van der Waals surface area contributed by atoms with Crippen LogP contribution in [-0.2, 0) is 0 Å². The predicted molar refractivity (Wildman–Crippen MR) is 77.3 cm³/mol. The molecule has 1 aliphatic rings. The maximum atomic E-state index is 13.1. The van der Waals surface area contributed by atoms with Crippen molar-refractivity contribution in [3.8, 4) is 0 Å². The molecule has 3 nitrogen and oxygen atoms in total. The zero-order valence-corrected chi connectivity index (χ0v) is 11.7. The van der Waals surface area contributed by atoms with Crippen molar-refractivity contribution in [2.45, 2.75) is 31.7 Å². The molecule has 0 saturated heterocycles. The Labute approximate surface area is 123 Å². The Morgan fingerprint density at radius 1 is 1.19 bits per heavy atom. The van der Waals surface area contributed by atoms with Crippen molar-refractivity contribution in [2.75, 3.05) is 0 Å². The first-order chi connectivity index (χ1) is 10.2. The molecule has 1 heterocycles. The monoisotopic (exact) mass is 287 g/mol. The van der Waals surface area contributed by atoms with Gasteiger partial charge in [0.2, 0.25) is 0 Å². The van der Waals surface area contributed by atoms with Crippen molar-refractivity contribution in [1.82, 2.24) is 5.32 Å². The van der Waals surface area contributed by atoms with Gasteiger partial charge in [0.15, 0.2) is 0 Å². The molecular formula is C17H18FNO2. The fraction of sp³-hybridized carbons (Fsp3) is 0.353. The number of carbonyl (C=O) groups is 1. The summed E-state index contributed by atoms with van der Waals surface area (Å²) in [6.45, 7) is 0. The van der Waals surface area contributed by atoms with Crippen molar-refractivity contribution >= 4 is 5.91 Å². The highest BCUT2D eigenvalue weighted by molar-refractivity contribution is 5.94. The molecule has 1 fully saturated rings. The second kappa shape index (κ2) is 6.12. The van der Waals surface area contributed by atoms with E-state index < -0.39 is 0 Å². The summed E-state index contributed by atoms with van der Waals surface area (Å²) in [6.07, 6.45) is 7.47. The van der Waals surface area contributed by atoms with Gasteiger partial charge in [-0.05, 0) is 42.5 Å². The molecule has 0 bridgehead atoms. The van der Waals surface area contributed by atoms with Crippen LogP contribution in [0.25, 0.3) is 0 Å². The fourth-order valence-corrected chi connectivity index (χ4v) is 3.05. The Morgan fingerprint density at radius 2 is 1.90 bits per heavy atom. The normalized spacial score (nSPS) is 16.8. The van der Waals surface area contributed by atoms with Crippen LogP contribution in [0.2, 0.25) is 0 Å².